The topological polar surface area (TPSA) is 59.7 Å². The van der Waals surface area contributed by atoms with Crippen molar-refractivity contribution >= 4 is 23.2 Å². The maximum atomic E-state index is 13.4. The minimum Gasteiger partial charge on any atom is -0.427 e. The van der Waals surface area contributed by atoms with Crippen molar-refractivity contribution in [1.29, 1.82) is 0 Å². The number of alkyl halides is 4. The molecule has 0 spiro atoms. The Hall–Kier alpha value is -2.88. The fraction of sp³-hybridized carbons (Fsp3) is 0.316. The molecule has 6 nitrogen and oxygen atoms in total. The molecular formula is C19H15ClF4N4O2. The standard InChI is InChI=1S/C19H15ClF4N4O2/c1-9-15(20)10(2)28-16(25-9)12-7-27(8-13(12)26-28)17(29)11-5-3-4-6-14(11)30-19(23,24)18(21)22/h3-6,18H,7-8H2,1-2H3. The number of carbonyl (C=O) groups excluding carboxylic acids is 1. The SMILES string of the molecule is Cc1nc2c3c(nn2c(C)c1Cl)CN(C(=O)c1ccccc1OC(F)(F)C(F)F)C3. The lowest BCUT2D eigenvalue weighted by Gasteiger charge is -2.21. The van der Waals surface area contributed by atoms with E-state index in [1.165, 1.54) is 23.1 Å². The van der Waals surface area contributed by atoms with Crippen molar-refractivity contribution in [3.8, 4) is 5.75 Å². The third-order valence-electron chi connectivity index (χ3n) is 4.86. The zero-order valence-corrected chi connectivity index (χ0v) is 16.6. The molecule has 30 heavy (non-hydrogen) atoms. The number of para-hydroxylation sites is 1. The van der Waals surface area contributed by atoms with Crippen molar-refractivity contribution in [3.05, 3.63) is 57.5 Å². The normalized spacial score (nSPS) is 13.9. The molecule has 0 N–H and O–H groups in total. The largest absolute Gasteiger partial charge is 0.461 e. The van der Waals surface area contributed by atoms with E-state index in [1.54, 1.807) is 18.4 Å². The number of amides is 1. The summed E-state index contributed by atoms with van der Waals surface area (Å²) in [6.45, 7) is 3.78. The fourth-order valence-electron chi connectivity index (χ4n) is 3.35. The Morgan fingerprint density at radius 2 is 1.93 bits per heavy atom. The summed E-state index contributed by atoms with van der Waals surface area (Å²) in [4.78, 5) is 18.8. The molecule has 4 rings (SSSR count). The highest BCUT2D eigenvalue weighted by Crippen LogP contribution is 2.33. The molecule has 1 aliphatic rings. The van der Waals surface area contributed by atoms with Gasteiger partial charge in [-0.05, 0) is 26.0 Å². The summed E-state index contributed by atoms with van der Waals surface area (Å²) in [5.41, 5.74) is 2.93. The number of hydrogen-bond acceptors (Lipinski definition) is 4. The number of ether oxygens (including phenoxy) is 1. The van der Waals surface area contributed by atoms with Crippen LogP contribution in [0.4, 0.5) is 17.6 Å². The van der Waals surface area contributed by atoms with Crippen molar-refractivity contribution in [3.63, 3.8) is 0 Å². The molecular weight excluding hydrogens is 428 g/mol. The van der Waals surface area contributed by atoms with Gasteiger partial charge in [-0.2, -0.15) is 22.7 Å². The lowest BCUT2D eigenvalue weighted by atomic mass is 10.1. The van der Waals surface area contributed by atoms with E-state index in [2.05, 4.69) is 14.8 Å². The molecule has 3 aromatic rings. The molecule has 0 atom stereocenters. The zero-order chi connectivity index (χ0) is 21.8. The second-order valence-corrected chi connectivity index (χ2v) is 7.26. The summed E-state index contributed by atoms with van der Waals surface area (Å²) in [5.74, 6) is -1.27. The van der Waals surface area contributed by atoms with E-state index in [0.717, 1.165) is 6.07 Å². The Morgan fingerprint density at radius 1 is 1.23 bits per heavy atom. The Bertz CT molecular complexity index is 1170. The molecule has 1 aliphatic heterocycles. The third-order valence-corrected chi connectivity index (χ3v) is 5.41. The Morgan fingerprint density at radius 3 is 2.63 bits per heavy atom. The third kappa shape index (κ3) is 3.24. The van der Waals surface area contributed by atoms with E-state index in [4.69, 9.17) is 11.6 Å². The van der Waals surface area contributed by atoms with E-state index in [-0.39, 0.29) is 18.7 Å². The molecule has 158 valence electrons. The number of fused-ring (bicyclic) bond motifs is 3. The monoisotopic (exact) mass is 442 g/mol. The lowest BCUT2D eigenvalue weighted by molar-refractivity contribution is -0.253. The average Bonchev–Trinajstić information content (AvgIpc) is 3.25. The molecule has 0 fully saturated rings. The first-order valence-electron chi connectivity index (χ1n) is 8.86. The molecule has 0 saturated heterocycles. The van der Waals surface area contributed by atoms with Gasteiger partial charge in [0.1, 0.15) is 5.75 Å². The van der Waals surface area contributed by atoms with Crippen molar-refractivity contribution < 1.29 is 27.1 Å². The van der Waals surface area contributed by atoms with Crippen LogP contribution in [0.5, 0.6) is 5.75 Å². The number of halogens is 5. The van der Waals surface area contributed by atoms with Gasteiger partial charge in [-0.1, -0.05) is 23.7 Å². The van der Waals surface area contributed by atoms with Gasteiger partial charge in [0, 0.05) is 5.56 Å². The Labute approximate surface area is 173 Å². The first-order chi connectivity index (χ1) is 14.1. The van der Waals surface area contributed by atoms with Gasteiger partial charge >= 0.3 is 12.5 Å². The van der Waals surface area contributed by atoms with Crippen LogP contribution in [0.1, 0.15) is 33.0 Å². The summed E-state index contributed by atoms with van der Waals surface area (Å²) in [6, 6.07) is 5.04. The molecule has 0 unspecified atom stereocenters. The van der Waals surface area contributed by atoms with E-state index in [0.29, 0.717) is 33.3 Å². The molecule has 1 aromatic carbocycles. The van der Waals surface area contributed by atoms with Gasteiger partial charge in [0.25, 0.3) is 5.91 Å². The second-order valence-electron chi connectivity index (χ2n) is 6.88. The van der Waals surface area contributed by atoms with Crippen molar-refractivity contribution in [2.24, 2.45) is 0 Å². The van der Waals surface area contributed by atoms with Crippen molar-refractivity contribution in [1.82, 2.24) is 19.5 Å². The number of hydrogen-bond donors (Lipinski definition) is 0. The Kier molecular flexibility index (Phi) is 4.84. The van der Waals surface area contributed by atoms with Crippen LogP contribution < -0.4 is 4.74 Å². The minimum absolute atomic E-state index is 0.104. The average molecular weight is 443 g/mol. The van der Waals surface area contributed by atoms with Crippen molar-refractivity contribution in [2.75, 3.05) is 0 Å². The minimum atomic E-state index is -4.72. The summed E-state index contributed by atoms with van der Waals surface area (Å²) < 4.78 is 57.5. The summed E-state index contributed by atoms with van der Waals surface area (Å²) in [6.07, 6.45) is -8.75. The van der Waals surface area contributed by atoms with Crippen molar-refractivity contribution in [2.45, 2.75) is 39.5 Å². The number of aryl methyl sites for hydroxylation is 2. The molecule has 2 aromatic heterocycles. The molecule has 3 heterocycles. The van der Waals surface area contributed by atoms with Gasteiger partial charge in [-0.15, -0.1) is 0 Å². The highest BCUT2D eigenvalue weighted by atomic mass is 35.5. The quantitative estimate of drug-likeness (QED) is 0.562. The maximum Gasteiger partial charge on any atom is 0.461 e. The first kappa shape index (κ1) is 20.4. The van der Waals surface area contributed by atoms with Gasteiger partial charge < -0.3 is 9.64 Å². The van der Waals surface area contributed by atoms with E-state index in [1.807, 2.05) is 0 Å². The lowest BCUT2D eigenvalue weighted by Crippen LogP contribution is -2.34. The van der Waals surface area contributed by atoms with Gasteiger partial charge in [0.2, 0.25) is 0 Å². The van der Waals surface area contributed by atoms with Crippen LogP contribution in [0.2, 0.25) is 5.02 Å². The van der Waals surface area contributed by atoms with E-state index < -0.39 is 24.2 Å². The van der Waals surface area contributed by atoms with Crippen LogP contribution in [-0.4, -0.2) is 37.9 Å². The molecule has 0 aliphatic carbocycles. The summed E-state index contributed by atoms with van der Waals surface area (Å²) in [5, 5.41) is 4.94. The smallest absolute Gasteiger partial charge is 0.427 e. The first-order valence-corrected chi connectivity index (χ1v) is 9.24. The highest BCUT2D eigenvalue weighted by Gasteiger charge is 2.45. The van der Waals surface area contributed by atoms with Crippen LogP contribution in [-0.2, 0) is 13.1 Å². The number of benzene rings is 1. The van der Waals surface area contributed by atoms with Gasteiger partial charge in [0.05, 0.1) is 40.8 Å². The van der Waals surface area contributed by atoms with Crippen LogP contribution in [0, 0.1) is 13.8 Å². The zero-order valence-electron chi connectivity index (χ0n) is 15.8. The molecule has 11 heteroatoms. The van der Waals surface area contributed by atoms with Gasteiger partial charge in [0.15, 0.2) is 5.65 Å². The van der Waals surface area contributed by atoms with Gasteiger partial charge in [-0.3, -0.25) is 4.79 Å². The predicted octanol–water partition coefficient (Wildman–Crippen LogP) is 4.39. The summed E-state index contributed by atoms with van der Waals surface area (Å²) in [7, 11) is 0. The molecule has 0 radical (unpaired) electrons. The number of aromatic nitrogens is 3. The van der Waals surface area contributed by atoms with Gasteiger partial charge in [-0.25, -0.2) is 9.50 Å². The number of rotatable bonds is 4. The predicted molar refractivity (Wildman–Crippen MR) is 99.1 cm³/mol. The molecule has 0 bridgehead atoms. The fourth-order valence-corrected chi connectivity index (χ4v) is 3.47. The van der Waals surface area contributed by atoms with Crippen LogP contribution in [0.3, 0.4) is 0 Å². The van der Waals surface area contributed by atoms with E-state index >= 15 is 0 Å². The number of nitrogens with zero attached hydrogens (tertiary/aromatic N) is 4. The molecule has 0 saturated carbocycles. The maximum absolute atomic E-state index is 13.4. The van der Waals surface area contributed by atoms with Crippen LogP contribution >= 0.6 is 11.6 Å². The van der Waals surface area contributed by atoms with Crippen LogP contribution in [0.15, 0.2) is 24.3 Å². The second kappa shape index (κ2) is 7.12. The summed E-state index contributed by atoms with van der Waals surface area (Å²) >= 11 is 6.21. The number of carbonyl (C=O) groups is 1. The highest BCUT2D eigenvalue weighted by molar-refractivity contribution is 6.31. The Balaban J connectivity index is 1.64. The van der Waals surface area contributed by atoms with E-state index in [9.17, 15) is 22.4 Å². The van der Waals surface area contributed by atoms with Crippen LogP contribution in [0.25, 0.3) is 5.65 Å². The molecule has 1 amide bonds.